The molecule has 1 aliphatic rings. The highest BCUT2D eigenvalue weighted by Crippen LogP contribution is 1.97. The van der Waals surface area contributed by atoms with Gasteiger partial charge in [0.25, 0.3) is 0 Å². The van der Waals surface area contributed by atoms with Crippen LogP contribution in [-0.4, -0.2) is 11.9 Å². The normalized spacial score (nSPS) is 27.6. The minimum absolute atomic E-state index is 0.0313. The van der Waals surface area contributed by atoms with E-state index < -0.39 is 0 Å². The molecule has 2 heteroatoms. The van der Waals surface area contributed by atoms with E-state index in [1.807, 2.05) is 13.0 Å². The van der Waals surface area contributed by atoms with E-state index in [0.29, 0.717) is 6.04 Å². The molecule has 1 atom stereocenters. The molecule has 2 nitrogen and oxygen atoms in total. The molecule has 1 heterocycles. The molecular weight excluding hydrogens is 102 g/mol. The maximum Gasteiger partial charge on any atom is 0.243 e. The summed E-state index contributed by atoms with van der Waals surface area (Å²) in [5.74, 6) is 0.0313. The first-order chi connectivity index (χ1) is 3.79. The number of rotatable bonds is 0. The van der Waals surface area contributed by atoms with Gasteiger partial charge in [-0.15, -0.1) is 0 Å². The molecule has 1 rings (SSSR count). The van der Waals surface area contributed by atoms with Crippen LogP contribution in [0.15, 0.2) is 12.2 Å². The zero-order valence-corrected chi connectivity index (χ0v) is 4.85. The second kappa shape index (κ2) is 1.99. The van der Waals surface area contributed by atoms with Gasteiger partial charge in [-0.1, -0.05) is 6.08 Å². The third kappa shape index (κ3) is 1.09. The van der Waals surface area contributed by atoms with Crippen molar-refractivity contribution in [1.29, 1.82) is 0 Å². The van der Waals surface area contributed by atoms with Crippen LogP contribution in [0.2, 0.25) is 0 Å². The lowest BCUT2D eigenvalue weighted by Crippen LogP contribution is -2.33. The fraction of sp³-hybridized carbons (Fsp3) is 0.500. The topological polar surface area (TPSA) is 29.1 Å². The molecule has 0 aromatic heterocycles. The fourth-order valence-electron chi connectivity index (χ4n) is 0.729. The maximum absolute atomic E-state index is 10.5. The number of hydrogen-bond donors (Lipinski definition) is 1. The molecule has 0 aromatic rings. The Morgan fingerprint density at radius 3 is 3.00 bits per heavy atom. The second-order valence-electron chi connectivity index (χ2n) is 2.05. The molecule has 1 N–H and O–H groups in total. The lowest BCUT2D eigenvalue weighted by Gasteiger charge is -2.12. The van der Waals surface area contributed by atoms with Crippen LogP contribution in [0.4, 0.5) is 0 Å². The first-order valence-electron chi connectivity index (χ1n) is 2.76. The third-order valence-corrected chi connectivity index (χ3v) is 1.15. The van der Waals surface area contributed by atoms with E-state index in [1.54, 1.807) is 6.08 Å². The molecule has 1 aliphatic heterocycles. The summed E-state index contributed by atoms with van der Waals surface area (Å²) in [7, 11) is 0. The predicted molar refractivity (Wildman–Crippen MR) is 31.4 cm³/mol. The van der Waals surface area contributed by atoms with Gasteiger partial charge in [0.2, 0.25) is 5.91 Å². The standard InChI is InChI=1S/C6H9NO/c1-5-3-2-4-6(8)7-5/h2,4-5H,3H2,1H3,(H,7,8)/t5-/m1/s1. The largest absolute Gasteiger partial charge is 0.350 e. The van der Waals surface area contributed by atoms with E-state index >= 15 is 0 Å². The van der Waals surface area contributed by atoms with Gasteiger partial charge in [0.1, 0.15) is 0 Å². The first kappa shape index (κ1) is 5.35. The molecule has 1 amide bonds. The summed E-state index contributed by atoms with van der Waals surface area (Å²) in [6.45, 7) is 1.99. The molecule has 0 spiro atoms. The fourth-order valence-corrected chi connectivity index (χ4v) is 0.729. The second-order valence-corrected chi connectivity index (χ2v) is 2.05. The smallest absolute Gasteiger partial charge is 0.243 e. The average molecular weight is 111 g/mol. The van der Waals surface area contributed by atoms with Crippen LogP contribution in [0.3, 0.4) is 0 Å². The zero-order valence-electron chi connectivity index (χ0n) is 4.85. The summed E-state index contributed by atoms with van der Waals surface area (Å²) >= 11 is 0. The number of hydrogen-bond acceptors (Lipinski definition) is 1. The van der Waals surface area contributed by atoms with Gasteiger partial charge in [-0.2, -0.15) is 0 Å². The van der Waals surface area contributed by atoms with Gasteiger partial charge < -0.3 is 5.32 Å². The Labute approximate surface area is 48.6 Å². The molecule has 44 valence electrons. The van der Waals surface area contributed by atoms with Crippen molar-refractivity contribution in [3.8, 4) is 0 Å². The molecule has 0 fully saturated rings. The zero-order chi connectivity index (χ0) is 5.98. The molecular formula is C6H9NO. The van der Waals surface area contributed by atoms with Crippen LogP contribution >= 0.6 is 0 Å². The first-order valence-corrected chi connectivity index (χ1v) is 2.76. The van der Waals surface area contributed by atoms with Gasteiger partial charge >= 0.3 is 0 Å². The summed E-state index contributed by atoms with van der Waals surface area (Å²) in [5, 5.41) is 2.75. The van der Waals surface area contributed by atoms with Gasteiger partial charge in [0.15, 0.2) is 0 Å². The highest BCUT2D eigenvalue weighted by molar-refractivity contribution is 5.88. The summed E-state index contributed by atoms with van der Waals surface area (Å²) < 4.78 is 0. The highest BCUT2D eigenvalue weighted by atomic mass is 16.1. The Kier molecular flexibility index (Phi) is 1.33. The van der Waals surface area contributed by atoms with E-state index in [4.69, 9.17) is 0 Å². The van der Waals surface area contributed by atoms with Gasteiger partial charge in [-0.25, -0.2) is 0 Å². The van der Waals surface area contributed by atoms with Crippen LogP contribution in [0, 0.1) is 0 Å². The minimum atomic E-state index is 0.0313. The Morgan fingerprint density at radius 1 is 1.88 bits per heavy atom. The van der Waals surface area contributed by atoms with Crippen molar-refractivity contribution in [1.82, 2.24) is 5.32 Å². The van der Waals surface area contributed by atoms with Crippen LogP contribution in [0.25, 0.3) is 0 Å². The Hall–Kier alpha value is -0.790. The van der Waals surface area contributed by atoms with Crippen molar-refractivity contribution in [3.63, 3.8) is 0 Å². The lowest BCUT2D eigenvalue weighted by atomic mass is 10.2. The van der Waals surface area contributed by atoms with Gasteiger partial charge in [0, 0.05) is 6.04 Å². The van der Waals surface area contributed by atoms with Gasteiger partial charge in [-0.3, -0.25) is 4.79 Å². The molecule has 0 saturated heterocycles. The summed E-state index contributed by atoms with van der Waals surface area (Å²) in [6, 6.07) is 0.326. The molecule has 0 aromatic carbocycles. The minimum Gasteiger partial charge on any atom is -0.350 e. The SMILES string of the molecule is C[C@@H]1CC=CC(=O)N1. The average Bonchev–Trinajstić information content (AvgIpc) is 1.64. The number of nitrogens with one attached hydrogen (secondary N) is 1. The summed E-state index contributed by atoms with van der Waals surface area (Å²) in [4.78, 5) is 10.5. The highest BCUT2D eigenvalue weighted by Gasteiger charge is 2.05. The number of carbonyl (C=O) groups excluding carboxylic acids is 1. The van der Waals surface area contributed by atoms with E-state index in [-0.39, 0.29) is 5.91 Å². The molecule has 0 unspecified atom stereocenters. The number of amides is 1. The molecule has 0 aliphatic carbocycles. The maximum atomic E-state index is 10.5. The Balaban J connectivity index is 2.54. The van der Waals surface area contributed by atoms with Gasteiger partial charge in [-0.05, 0) is 19.4 Å². The summed E-state index contributed by atoms with van der Waals surface area (Å²) in [6.07, 6.45) is 4.43. The molecule has 8 heavy (non-hydrogen) atoms. The van der Waals surface area contributed by atoms with E-state index in [1.165, 1.54) is 0 Å². The van der Waals surface area contributed by atoms with Crippen molar-refractivity contribution in [2.24, 2.45) is 0 Å². The Morgan fingerprint density at radius 2 is 2.62 bits per heavy atom. The Bertz CT molecular complexity index is 128. The van der Waals surface area contributed by atoms with Crippen molar-refractivity contribution >= 4 is 5.91 Å². The van der Waals surface area contributed by atoms with Crippen LogP contribution < -0.4 is 5.32 Å². The lowest BCUT2D eigenvalue weighted by molar-refractivity contribution is -0.117. The van der Waals surface area contributed by atoms with E-state index in [9.17, 15) is 4.79 Å². The quantitative estimate of drug-likeness (QED) is 0.483. The van der Waals surface area contributed by atoms with Crippen LogP contribution in [0.5, 0.6) is 0 Å². The van der Waals surface area contributed by atoms with Crippen molar-refractivity contribution < 1.29 is 4.79 Å². The predicted octanol–water partition coefficient (Wildman–Crippen LogP) is 0.451. The van der Waals surface area contributed by atoms with Crippen molar-refractivity contribution in [2.75, 3.05) is 0 Å². The van der Waals surface area contributed by atoms with Crippen LogP contribution in [0.1, 0.15) is 13.3 Å². The van der Waals surface area contributed by atoms with Crippen molar-refractivity contribution in [2.45, 2.75) is 19.4 Å². The molecule has 0 radical (unpaired) electrons. The van der Waals surface area contributed by atoms with E-state index in [2.05, 4.69) is 5.32 Å². The van der Waals surface area contributed by atoms with Gasteiger partial charge in [0.05, 0.1) is 0 Å². The number of carbonyl (C=O) groups is 1. The molecule has 0 bridgehead atoms. The van der Waals surface area contributed by atoms with E-state index in [0.717, 1.165) is 6.42 Å². The van der Waals surface area contributed by atoms with Crippen molar-refractivity contribution in [3.05, 3.63) is 12.2 Å². The monoisotopic (exact) mass is 111 g/mol. The summed E-state index contributed by atoms with van der Waals surface area (Å²) in [5.41, 5.74) is 0. The molecule has 0 saturated carbocycles. The van der Waals surface area contributed by atoms with Crippen LogP contribution in [-0.2, 0) is 4.79 Å². The third-order valence-electron chi connectivity index (χ3n) is 1.15.